The number of hydrogen-bond donors (Lipinski definition) is 1. The van der Waals surface area contributed by atoms with Crippen LogP contribution >= 0.6 is 15.9 Å². The van der Waals surface area contributed by atoms with Gasteiger partial charge in [0.1, 0.15) is 6.61 Å². The third-order valence-electron chi connectivity index (χ3n) is 1.95. The number of ether oxygens (including phenoxy) is 2. The number of rotatable bonds is 7. The zero-order valence-corrected chi connectivity index (χ0v) is 11.1. The third-order valence-corrected chi connectivity index (χ3v) is 2.27. The maximum absolute atomic E-state index is 11.3. The first-order valence-corrected chi connectivity index (χ1v) is 6.53. The summed E-state index contributed by atoms with van der Waals surface area (Å²) in [5.41, 5.74) is 0.971. The Morgan fingerprint density at radius 3 is 2.71 bits per heavy atom. The van der Waals surface area contributed by atoms with Crippen LogP contribution in [0.5, 0.6) is 0 Å². The van der Waals surface area contributed by atoms with Crippen LogP contribution in [0.3, 0.4) is 0 Å². The van der Waals surface area contributed by atoms with Crippen molar-refractivity contribution in [1.82, 2.24) is 5.32 Å². The minimum atomic E-state index is -0.420. The van der Waals surface area contributed by atoms with Crippen molar-refractivity contribution >= 4 is 22.0 Å². The predicted molar refractivity (Wildman–Crippen MR) is 69.2 cm³/mol. The van der Waals surface area contributed by atoms with Crippen molar-refractivity contribution in [3.63, 3.8) is 0 Å². The van der Waals surface area contributed by atoms with Crippen LogP contribution in [-0.4, -0.2) is 31.2 Å². The van der Waals surface area contributed by atoms with E-state index in [2.05, 4.69) is 21.2 Å². The van der Waals surface area contributed by atoms with Gasteiger partial charge in [0.2, 0.25) is 0 Å². The van der Waals surface area contributed by atoms with E-state index in [9.17, 15) is 4.79 Å². The van der Waals surface area contributed by atoms with E-state index >= 15 is 0 Å². The molecule has 0 saturated heterocycles. The monoisotopic (exact) mass is 301 g/mol. The van der Waals surface area contributed by atoms with Gasteiger partial charge in [-0.05, 0) is 5.56 Å². The van der Waals surface area contributed by atoms with Gasteiger partial charge in [0.25, 0.3) is 0 Å². The van der Waals surface area contributed by atoms with E-state index < -0.39 is 6.09 Å². The van der Waals surface area contributed by atoms with Crippen LogP contribution in [0.1, 0.15) is 5.56 Å². The standard InChI is InChI=1S/C12H16BrNO3/c13-6-8-16-9-7-14-12(15)17-10-11-4-2-1-3-5-11/h1-5H,6-10H2,(H,14,15). The summed E-state index contributed by atoms with van der Waals surface area (Å²) >= 11 is 3.24. The van der Waals surface area contributed by atoms with Gasteiger partial charge in [-0.1, -0.05) is 46.3 Å². The molecular weight excluding hydrogens is 286 g/mol. The van der Waals surface area contributed by atoms with Crippen LogP contribution in [0.4, 0.5) is 4.79 Å². The van der Waals surface area contributed by atoms with E-state index in [1.165, 1.54) is 0 Å². The lowest BCUT2D eigenvalue weighted by Crippen LogP contribution is -2.28. The van der Waals surface area contributed by atoms with Crippen molar-refractivity contribution in [2.45, 2.75) is 6.61 Å². The number of alkyl carbamates (subject to hydrolysis) is 1. The second kappa shape index (κ2) is 9.01. The summed E-state index contributed by atoms with van der Waals surface area (Å²) in [5, 5.41) is 3.41. The Hall–Kier alpha value is -1.07. The molecule has 0 radical (unpaired) electrons. The minimum absolute atomic E-state index is 0.287. The topological polar surface area (TPSA) is 47.6 Å². The van der Waals surface area contributed by atoms with Crippen LogP contribution in [0.15, 0.2) is 30.3 Å². The van der Waals surface area contributed by atoms with Gasteiger partial charge in [0, 0.05) is 11.9 Å². The first kappa shape index (κ1) is 14.0. The number of amides is 1. The molecule has 5 heteroatoms. The van der Waals surface area contributed by atoms with Crippen molar-refractivity contribution in [2.75, 3.05) is 25.1 Å². The highest BCUT2D eigenvalue weighted by Crippen LogP contribution is 2.00. The maximum atomic E-state index is 11.3. The number of alkyl halides is 1. The molecule has 0 heterocycles. The molecule has 0 bridgehead atoms. The normalized spacial score (nSPS) is 9.94. The van der Waals surface area contributed by atoms with Gasteiger partial charge in [-0.25, -0.2) is 4.79 Å². The first-order valence-electron chi connectivity index (χ1n) is 5.41. The quantitative estimate of drug-likeness (QED) is 0.621. The molecule has 1 aromatic carbocycles. The Morgan fingerprint density at radius 1 is 1.24 bits per heavy atom. The molecule has 0 atom stereocenters. The van der Waals surface area contributed by atoms with Crippen LogP contribution in [-0.2, 0) is 16.1 Å². The van der Waals surface area contributed by atoms with E-state index in [0.717, 1.165) is 10.9 Å². The van der Waals surface area contributed by atoms with Crippen molar-refractivity contribution in [3.8, 4) is 0 Å². The molecule has 0 aromatic heterocycles. The highest BCUT2D eigenvalue weighted by molar-refractivity contribution is 9.09. The molecule has 1 N–H and O–H groups in total. The summed E-state index contributed by atoms with van der Waals surface area (Å²) in [5.74, 6) is 0. The fourth-order valence-corrected chi connectivity index (χ4v) is 1.38. The molecule has 1 aromatic rings. The number of halogens is 1. The smallest absolute Gasteiger partial charge is 0.407 e. The summed E-state index contributed by atoms with van der Waals surface area (Å²) < 4.78 is 10.2. The molecule has 0 aliphatic rings. The second-order valence-corrected chi connectivity index (χ2v) is 4.08. The van der Waals surface area contributed by atoms with Crippen molar-refractivity contribution in [2.24, 2.45) is 0 Å². The Labute approximate surface area is 109 Å². The van der Waals surface area contributed by atoms with Gasteiger partial charge in [0.05, 0.1) is 13.2 Å². The van der Waals surface area contributed by atoms with Gasteiger partial charge in [-0.15, -0.1) is 0 Å². The molecule has 0 aliphatic carbocycles. The number of hydrogen-bond acceptors (Lipinski definition) is 3. The number of carbonyl (C=O) groups is 1. The molecule has 17 heavy (non-hydrogen) atoms. The predicted octanol–water partition coefficient (Wildman–Crippen LogP) is 2.32. The summed E-state index contributed by atoms with van der Waals surface area (Å²) in [6.07, 6.45) is -0.420. The largest absolute Gasteiger partial charge is 0.445 e. The fraction of sp³-hybridized carbons (Fsp3) is 0.417. The zero-order valence-electron chi connectivity index (χ0n) is 9.52. The average molecular weight is 302 g/mol. The van der Waals surface area contributed by atoms with Gasteiger partial charge in [-0.2, -0.15) is 0 Å². The number of benzene rings is 1. The van der Waals surface area contributed by atoms with E-state index in [1.54, 1.807) is 0 Å². The Bertz CT molecular complexity index is 319. The lowest BCUT2D eigenvalue weighted by Gasteiger charge is -2.07. The molecule has 0 unspecified atom stereocenters. The average Bonchev–Trinajstić information content (AvgIpc) is 2.37. The molecule has 0 saturated carbocycles. The van der Waals surface area contributed by atoms with Gasteiger partial charge in [-0.3, -0.25) is 0 Å². The van der Waals surface area contributed by atoms with Gasteiger partial charge >= 0.3 is 6.09 Å². The van der Waals surface area contributed by atoms with Crippen molar-refractivity contribution in [1.29, 1.82) is 0 Å². The Balaban J connectivity index is 2.05. The molecule has 0 spiro atoms. The number of nitrogens with one attached hydrogen (secondary N) is 1. The molecule has 1 rings (SSSR count). The summed E-state index contributed by atoms with van der Waals surface area (Å²) in [6, 6.07) is 9.55. The molecule has 0 aliphatic heterocycles. The van der Waals surface area contributed by atoms with E-state index in [4.69, 9.17) is 9.47 Å². The molecule has 1 amide bonds. The first-order chi connectivity index (χ1) is 8.33. The molecule has 94 valence electrons. The van der Waals surface area contributed by atoms with Gasteiger partial charge < -0.3 is 14.8 Å². The maximum Gasteiger partial charge on any atom is 0.407 e. The van der Waals surface area contributed by atoms with Crippen LogP contribution in [0, 0.1) is 0 Å². The summed E-state index contributed by atoms with van der Waals surface area (Å²) in [6.45, 7) is 1.88. The lowest BCUT2D eigenvalue weighted by atomic mass is 10.2. The second-order valence-electron chi connectivity index (χ2n) is 3.29. The molecule has 0 fully saturated rings. The molecular formula is C12H16BrNO3. The van der Waals surface area contributed by atoms with E-state index in [-0.39, 0.29) is 6.61 Å². The third kappa shape index (κ3) is 6.97. The minimum Gasteiger partial charge on any atom is -0.445 e. The summed E-state index contributed by atoms with van der Waals surface area (Å²) in [4.78, 5) is 11.3. The molecule has 4 nitrogen and oxygen atoms in total. The van der Waals surface area contributed by atoms with Crippen LogP contribution < -0.4 is 5.32 Å². The summed E-state index contributed by atoms with van der Waals surface area (Å²) in [7, 11) is 0. The van der Waals surface area contributed by atoms with Crippen LogP contribution in [0.2, 0.25) is 0 Å². The zero-order chi connectivity index (χ0) is 12.3. The number of carbonyl (C=O) groups excluding carboxylic acids is 1. The SMILES string of the molecule is O=C(NCCOCCBr)OCc1ccccc1. The Morgan fingerprint density at radius 2 is 2.00 bits per heavy atom. The lowest BCUT2D eigenvalue weighted by molar-refractivity contribution is 0.125. The van der Waals surface area contributed by atoms with E-state index in [0.29, 0.717) is 19.8 Å². The fourth-order valence-electron chi connectivity index (χ4n) is 1.16. The van der Waals surface area contributed by atoms with Gasteiger partial charge in [0.15, 0.2) is 0 Å². The Kier molecular flexibility index (Phi) is 7.42. The van der Waals surface area contributed by atoms with Crippen molar-refractivity contribution in [3.05, 3.63) is 35.9 Å². The van der Waals surface area contributed by atoms with E-state index in [1.807, 2.05) is 30.3 Å². The highest BCUT2D eigenvalue weighted by atomic mass is 79.9. The van der Waals surface area contributed by atoms with Crippen LogP contribution in [0.25, 0.3) is 0 Å². The van der Waals surface area contributed by atoms with Crippen molar-refractivity contribution < 1.29 is 14.3 Å². The highest BCUT2D eigenvalue weighted by Gasteiger charge is 2.01.